The smallest absolute Gasteiger partial charge is 0.307 e. The van der Waals surface area contributed by atoms with Crippen LogP contribution in [0.4, 0.5) is 11.4 Å². The first-order valence-corrected chi connectivity index (χ1v) is 5.75. The summed E-state index contributed by atoms with van der Waals surface area (Å²) in [6.45, 7) is 2.83. The van der Waals surface area contributed by atoms with E-state index in [1.54, 1.807) is 0 Å². The van der Waals surface area contributed by atoms with E-state index >= 15 is 0 Å². The molecule has 1 aromatic rings. The maximum absolute atomic E-state index is 11.8. The number of phenolic OH excluding ortho intramolecular Hbond substituents is 1. The van der Waals surface area contributed by atoms with E-state index in [1.165, 1.54) is 19.9 Å². The molecule has 3 N–H and O–H groups in total. The summed E-state index contributed by atoms with van der Waals surface area (Å²) in [4.78, 5) is 32.4. The highest BCUT2D eigenvalue weighted by molar-refractivity contribution is 5.96. The van der Waals surface area contributed by atoms with Crippen molar-refractivity contribution in [2.24, 2.45) is 11.8 Å². The molecule has 0 fully saturated rings. The second-order valence-electron chi connectivity index (χ2n) is 4.36. The Kier molecular flexibility index (Phi) is 4.63. The van der Waals surface area contributed by atoms with Crippen molar-refractivity contribution in [3.05, 3.63) is 28.3 Å². The third-order valence-electron chi connectivity index (χ3n) is 3.00. The number of aliphatic carboxylic acids is 1. The zero-order chi connectivity index (χ0) is 15.4. The molecule has 0 aliphatic carbocycles. The van der Waals surface area contributed by atoms with E-state index in [4.69, 9.17) is 5.11 Å². The van der Waals surface area contributed by atoms with Gasteiger partial charge in [-0.05, 0) is 6.07 Å². The Morgan fingerprint density at radius 3 is 2.35 bits per heavy atom. The van der Waals surface area contributed by atoms with Crippen LogP contribution in [0.1, 0.15) is 13.8 Å². The fourth-order valence-corrected chi connectivity index (χ4v) is 1.43. The van der Waals surface area contributed by atoms with Crippen molar-refractivity contribution in [1.29, 1.82) is 0 Å². The normalized spacial score (nSPS) is 13.3. The molecule has 20 heavy (non-hydrogen) atoms. The SMILES string of the molecule is CC(C(=O)O)C(C)C(=O)Nc1ccc([N+](=O)[O-])cc1O. The number of hydrogen-bond donors (Lipinski definition) is 3. The van der Waals surface area contributed by atoms with Crippen LogP contribution < -0.4 is 5.32 Å². The van der Waals surface area contributed by atoms with Gasteiger partial charge in [0, 0.05) is 12.0 Å². The first-order chi connectivity index (χ1) is 9.23. The number of phenols is 1. The molecule has 0 spiro atoms. The molecule has 108 valence electrons. The van der Waals surface area contributed by atoms with Crippen molar-refractivity contribution >= 4 is 23.3 Å². The summed E-state index contributed by atoms with van der Waals surface area (Å²) in [5.41, 5.74) is -0.322. The minimum atomic E-state index is -1.11. The summed E-state index contributed by atoms with van der Waals surface area (Å²) in [5.74, 6) is -3.87. The summed E-state index contributed by atoms with van der Waals surface area (Å²) in [7, 11) is 0. The molecule has 0 aliphatic rings. The molecule has 0 radical (unpaired) electrons. The third kappa shape index (κ3) is 3.44. The van der Waals surface area contributed by atoms with E-state index in [0.29, 0.717) is 0 Å². The van der Waals surface area contributed by atoms with Gasteiger partial charge in [0.05, 0.1) is 22.6 Å². The molecule has 0 saturated heterocycles. The topological polar surface area (TPSA) is 130 Å². The van der Waals surface area contributed by atoms with E-state index in [0.717, 1.165) is 12.1 Å². The van der Waals surface area contributed by atoms with Gasteiger partial charge in [0.25, 0.3) is 5.69 Å². The molecule has 0 heterocycles. The number of carbonyl (C=O) groups excluding carboxylic acids is 1. The fourth-order valence-electron chi connectivity index (χ4n) is 1.43. The van der Waals surface area contributed by atoms with Gasteiger partial charge in [0.15, 0.2) is 0 Å². The van der Waals surface area contributed by atoms with Gasteiger partial charge < -0.3 is 15.5 Å². The van der Waals surface area contributed by atoms with Gasteiger partial charge in [-0.3, -0.25) is 19.7 Å². The lowest BCUT2D eigenvalue weighted by Gasteiger charge is -2.16. The van der Waals surface area contributed by atoms with Crippen molar-refractivity contribution < 1.29 is 24.7 Å². The lowest BCUT2D eigenvalue weighted by atomic mass is 9.95. The number of nitro benzene ring substituents is 1. The predicted molar refractivity (Wildman–Crippen MR) is 69.4 cm³/mol. The molecular weight excluding hydrogens is 268 g/mol. The number of nitrogens with one attached hydrogen (secondary N) is 1. The minimum absolute atomic E-state index is 0.00922. The zero-order valence-corrected chi connectivity index (χ0v) is 10.9. The molecule has 8 nitrogen and oxygen atoms in total. The van der Waals surface area contributed by atoms with Crippen LogP contribution in [0.5, 0.6) is 5.75 Å². The van der Waals surface area contributed by atoms with Gasteiger partial charge in [-0.1, -0.05) is 13.8 Å². The number of aromatic hydroxyl groups is 1. The molecule has 8 heteroatoms. The number of amides is 1. The maximum atomic E-state index is 11.8. The molecule has 2 unspecified atom stereocenters. The van der Waals surface area contributed by atoms with Crippen molar-refractivity contribution in [3.63, 3.8) is 0 Å². The average molecular weight is 282 g/mol. The van der Waals surface area contributed by atoms with Gasteiger partial charge in [-0.15, -0.1) is 0 Å². The maximum Gasteiger partial charge on any atom is 0.307 e. The largest absolute Gasteiger partial charge is 0.506 e. The number of carbonyl (C=O) groups is 2. The van der Waals surface area contributed by atoms with Crippen LogP contribution in [-0.4, -0.2) is 27.0 Å². The Morgan fingerprint density at radius 1 is 1.30 bits per heavy atom. The number of benzene rings is 1. The highest BCUT2D eigenvalue weighted by Gasteiger charge is 2.26. The van der Waals surface area contributed by atoms with Crippen molar-refractivity contribution in [1.82, 2.24) is 0 Å². The van der Waals surface area contributed by atoms with E-state index in [9.17, 15) is 24.8 Å². The molecule has 1 aromatic carbocycles. The third-order valence-corrected chi connectivity index (χ3v) is 3.00. The van der Waals surface area contributed by atoms with Crippen molar-refractivity contribution in [2.45, 2.75) is 13.8 Å². The molecule has 0 aromatic heterocycles. The second kappa shape index (κ2) is 6.00. The number of carboxylic acid groups (broad SMARTS) is 1. The number of carboxylic acids is 1. The van der Waals surface area contributed by atoms with E-state index in [-0.39, 0.29) is 11.4 Å². The highest BCUT2D eigenvalue weighted by Crippen LogP contribution is 2.28. The summed E-state index contributed by atoms with van der Waals surface area (Å²) in [6, 6.07) is 3.21. The lowest BCUT2D eigenvalue weighted by Crippen LogP contribution is -2.29. The van der Waals surface area contributed by atoms with Crippen molar-refractivity contribution in [2.75, 3.05) is 5.32 Å². The van der Waals surface area contributed by atoms with Crippen LogP contribution >= 0.6 is 0 Å². The number of nitro groups is 1. The Balaban J connectivity index is 2.86. The molecule has 1 amide bonds. The standard InChI is InChI=1S/C12H14N2O6/c1-6(7(2)12(17)18)11(16)13-9-4-3-8(14(19)20)5-10(9)15/h3-7,15H,1-2H3,(H,13,16)(H,17,18). The lowest BCUT2D eigenvalue weighted by molar-refractivity contribution is -0.384. The zero-order valence-electron chi connectivity index (χ0n) is 10.9. The molecule has 1 rings (SSSR count). The molecule has 0 bridgehead atoms. The Hall–Kier alpha value is -2.64. The minimum Gasteiger partial charge on any atom is -0.506 e. The van der Waals surface area contributed by atoms with Crippen LogP contribution in [0.15, 0.2) is 18.2 Å². The summed E-state index contributed by atoms with van der Waals surface area (Å²) in [6.07, 6.45) is 0. The highest BCUT2D eigenvalue weighted by atomic mass is 16.6. The van der Waals surface area contributed by atoms with Crippen molar-refractivity contribution in [3.8, 4) is 5.75 Å². The number of rotatable bonds is 5. The molecule has 0 saturated carbocycles. The van der Waals surface area contributed by atoms with Crippen LogP contribution in [0.2, 0.25) is 0 Å². The number of non-ortho nitro benzene ring substituents is 1. The summed E-state index contributed by atoms with van der Waals surface area (Å²) < 4.78 is 0. The molecule has 0 aliphatic heterocycles. The number of hydrogen-bond acceptors (Lipinski definition) is 5. The summed E-state index contributed by atoms with van der Waals surface area (Å²) in [5, 5.41) is 31.2. The Bertz CT molecular complexity index is 557. The quantitative estimate of drug-likeness (QED) is 0.427. The predicted octanol–water partition coefficient (Wildman–Crippen LogP) is 1.60. The van der Waals surface area contributed by atoms with Crippen LogP contribution in [0.25, 0.3) is 0 Å². The number of anilines is 1. The summed E-state index contributed by atoms with van der Waals surface area (Å²) >= 11 is 0. The molecular formula is C12H14N2O6. The van der Waals surface area contributed by atoms with Crippen LogP contribution in [0.3, 0.4) is 0 Å². The second-order valence-corrected chi connectivity index (χ2v) is 4.36. The Morgan fingerprint density at radius 2 is 1.90 bits per heavy atom. The first kappa shape index (κ1) is 15.4. The first-order valence-electron chi connectivity index (χ1n) is 5.75. The Labute approximate surface area is 114 Å². The van der Waals surface area contributed by atoms with Crippen LogP contribution in [-0.2, 0) is 9.59 Å². The van der Waals surface area contributed by atoms with Gasteiger partial charge in [0.2, 0.25) is 5.91 Å². The fraction of sp³-hybridized carbons (Fsp3) is 0.333. The van der Waals surface area contributed by atoms with E-state index < -0.39 is 34.4 Å². The average Bonchev–Trinajstić information content (AvgIpc) is 2.38. The van der Waals surface area contributed by atoms with Crippen LogP contribution in [0, 0.1) is 22.0 Å². The molecule has 2 atom stereocenters. The van der Waals surface area contributed by atoms with E-state index in [1.807, 2.05) is 0 Å². The monoisotopic (exact) mass is 282 g/mol. The number of nitrogens with zero attached hydrogens (tertiary/aromatic N) is 1. The van der Waals surface area contributed by atoms with E-state index in [2.05, 4.69) is 5.32 Å². The van der Waals surface area contributed by atoms with Gasteiger partial charge >= 0.3 is 5.97 Å². The van der Waals surface area contributed by atoms with Gasteiger partial charge in [-0.25, -0.2) is 0 Å². The van der Waals surface area contributed by atoms with Gasteiger partial charge in [0.1, 0.15) is 5.75 Å². The van der Waals surface area contributed by atoms with Gasteiger partial charge in [-0.2, -0.15) is 0 Å².